The largest absolute Gasteiger partial charge is 0.490 e. The van der Waals surface area contributed by atoms with Gasteiger partial charge in [0.25, 0.3) is 0 Å². The fourth-order valence-corrected chi connectivity index (χ4v) is 2.19. The Hall–Kier alpha value is -2.30. The van der Waals surface area contributed by atoms with Crippen LogP contribution in [0, 0.1) is 13.8 Å². The lowest BCUT2D eigenvalue weighted by atomic mass is 10.2. The highest BCUT2D eigenvalue weighted by atomic mass is 16.5. The average molecular weight is 288 g/mol. The number of carbonyl (C=O) groups excluding carboxylic acids is 1. The number of hydrogen-bond donors (Lipinski definition) is 0. The van der Waals surface area contributed by atoms with Crippen molar-refractivity contribution in [3.8, 4) is 11.5 Å². The fraction of sp³-hybridized carbons (Fsp3) is 0.375. The maximum Gasteiger partial charge on any atom is 0.161 e. The number of hydrogen-bond acceptors (Lipinski definition) is 4. The second kappa shape index (κ2) is 6.92. The summed E-state index contributed by atoms with van der Waals surface area (Å²) in [6, 6.07) is 7.58. The summed E-state index contributed by atoms with van der Waals surface area (Å²) in [7, 11) is 0. The number of ether oxygens (including phenoxy) is 2. The summed E-state index contributed by atoms with van der Waals surface area (Å²) in [5.41, 5.74) is 2.27. The van der Waals surface area contributed by atoms with Crippen LogP contribution in [0.5, 0.6) is 11.5 Å². The molecular weight excluding hydrogens is 268 g/mol. The lowest BCUT2D eigenvalue weighted by molar-refractivity contribution is 0.112. The van der Waals surface area contributed by atoms with Crippen LogP contribution in [0.4, 0.5) is 0 Å². The first-order valence-corrected chi connectivity index (χ1v) is 7.01. The van der Waals surface area contributed by atoms with Crippen LogP contribution >= 0.6 is 0 Å². The van der Waals surface area contributed by atoms with E-state index in [1.165, 1.54) is 0 Å². The fourth-order valence-electron chi connectivity index (χ4n) is 2.19. The molecule has 2 rings (SSSR count). The zero-order chi connectivity index (χ0) is 15.2. The van der Waals surface area contributed by atoms with Crippen molar-refractivity contribution in [2.45, 2.75) is 27.3 Å². The van der Waals surface area contributed by atoms with Crippen molar-refractivity contribution in [1.82, 2.24) is 9.78 Å². The van der Waals surface area contributed by atoms with E-state index in [9.17, 15) is 4.79 Å². The molecule has 0 atom stereocenters. The standard InChI is InChI=1S/C16H20N2O3/c1-4-20-15-7-5-6-8-16(15)21-10-9-18-13(3)14(11-19)12(2)17-18/h5-8,11H,4,9-10H2,1-3H3. The lowest BCUT2D eigenvalue weighted by Gasteiger charge is -2.12. The molecule has 0 amide bonds. The van der Waals surface area contributed by atoms with Gasteiger partial charge in [-0.3, -0.25) is 9.48 Å². The van der Waals surface area contributed by atoms with Crippen molar-refractivity contribution in [2.75, 3.05) is 13.2 Å². The van der Waals surface area contributed by atoms with E-state index in [-0.39, 0.29) is 0 Å². The van der Waals surface area contributed by atoms with Crippen molar-refractivity contribution in [2.24, 2.45) is 0 Å². The lowest BCUT2D eigenvalue weighted by Crippen LogP contribution is -2.11. The van der Waals surface area contributed by atoms with Gasteiger partial charge in [-0.05, 0) is 32.9 Å². The van der Waals surface area contributed by atoms with Gasteiger partial charge in [0.15, 0.2) is 17.8 Å². The van der Waals surface area contributed by atoms with Gasteiger partial charge in [-0.2, -0.15) is 5.10 Å². The van der Waals surface area contributed by atoms with E-state index in [1.54, 1.807) is 4.68 Å². The monoisotopic (exact) mass is 288 g/mol. The quantitative estimate of drug-likeness (QED) is 0.735. The van der Waals surface area contributed by atoms with Gasteiger partial charge in [0.2, 0.25) is 0 Å². The Morgan fingerprint density at radius 2 is 1.86 bits per heavy atom. The third-order valence-electron chi connectivity index (χ3n) is 3.26. The Kier molecular flexibility index (Phi) is 4.98. The molecule has 0 spiro atoms. The zero-order valence-electron chi connectivity index (χ0n) is 12.6. The minimum Gasteiger partial charge on any atom is -0.490 e. The molecule has 21 heavy (non-hydrogen) atoms. The summed E-state index contributed by atoms with van der Waals surface area (Å²) in [6.45, 7) is 7.30. The normalized spacial score (nSPS) is 10.4. The van der Waals surface area contributed by atoms with Crippen molar-refractivity contribution in [3.63, 3.8) is 0 Å². The molecule has 112 valence electrons. The molecule has 5 heteroatoms. The summed E-state index contributed by atoms with van der Waals surface area (Å²) in [5, 5.41) is 4.35. The molecule has 0 radical (unpaired) electrons. The predicted molar refractivity (Wildman–Crippen MR) is 80.2 cm³/mol. The number of aromatic nitrogens is 2. The number of nitrogens with zero attached hydrogens (tertiary/aromatic N) is 2. The van der Waals surface area contributed by atoms with Crippen LogP contribution in [-0.4, -0.2) is 29.3 Å². The van der Waals surface area contributed by atoms with E-state index >= 15 is 0 Å². The van der Waals surface area contributed by atoms with Crippen molar-refractivity contribution >= 4 is 6.29 Å². The topological polar surface area (TPSA) is 53.4 Å². The van der Waals surface area contributed by atoms with Crippen molar-refractivity contribution in [1.29, 1.82) is 0 Å². The number of aryl methyl sites for hydroxylation is 1. The molecule has 0 aliphatic rings. The average Bonchev–Trinajstić information content (AvgIpc) is 2.75. The molecule has 0 fully saturated rings. The summed E-state index contributed by atoms with van der Waals surface area (Å²) in [5.74, 6) is 1.46. The second-order valence-corrected chi connectivity index (χ2v) is 4.65. The molecule has 0 bridgehead atoms. The Morgan fingerprint density at radius 3 is 2.43 bits per heavy atom. The molecule has 0 aliphatic carbocycles. The summed E-state index contributed by atoms with van der Waals surface area (Å²) in [6.07, 6.45) is 0.847. The van der Waals surface area contributed by atoms with Crippen LogP contribution < -0.4 is 9.47 Å². The highest BCUT2D eigenvalue weighted by Crippen LogP contribution is 2.26. The SMILES string of the molecule is CCOc1ccccc1OCCn1nc(C)c(C=O)c1C. The van der Waals surface area contributed by atoms with Crippen LogP contribution in [0.3, 0.4) is 0 Å². The van der Waals surface area contributed by atoms with Crippen molar-refractivity contribution < 1.29 is 14.3 Å². The Labute approximate surface area is 124 Å². The van der Waals surface area contributed by atoms with E-state index in [2.05, 4.69) is 5.10 Å². The van der Waals surface area contributed by atoms with Crippen LogP contribution in [-0.2, 0) is 6.54 Å². The summed E-state index contributed by atoms with van der Waals surface area (Å²) in [4.78, 5) is 11.0. The van der Waals surface area contributed by atoms with Crippen LogP contribution in [0.25, 0.3) is 0 Å². The smallest absolute Gasteiger partial charge is 0.161 e. The predicted octanol–water partition coefficient (Wildman–Crippen LogP) is 2.79. The Balaban J connectivity index is 2.00. The molecule has 0 saturated heterocycles. The van der Waals surface area contributed by atoms with Crippen molar-refractivity contribution in [3.05, 3.63) is 41.2 Å². The van der Waals surface area contributed by atoms with Gasteiger partial charge < -0.3 is 9.47 Å². The highest BCUT2D eigenvalue weighted by Gasteiger charge is 2.10. The number of aldehydes is 1. The molecule has 2 aromatic rings. The van der Waals surface area contributed by atoms with E-state index in [1.807, 2.05) is 45.0 Å². The molecule has 0 N–H and O–H groups in total. The van der Waals surface area contributed by atoms with Gasteiger partial charge in [0, 0.05) is 5.69 Å². The second-order valence-electron chi connectivity index (χ2n) is 4.65. The molecular formula is C16H20N2O3. The minimum absolute atomic E-state index is 0.463. The number of rotatable bonds is 7. The third kappa shape index (κ3) is 3.42. The van der Waals surface area contributed by atoms with E-state index in [0.717, 1.165) is 29.2 Å². The summed E-state index contributed by atoms with van der Waals surface area (Å²) < 4.78 is 13.1. The van der Waals surface area contributed by atoms with Gasteiger partial charge in [0.1, 0.15) is 6.61 Å². The van der Waals surface area contributed by atoms with Gasteiger partial charge in [0.05, 0.1) is 24.4 Å². The maximum absolute atomic E-state index is 11.0. The Bertz CT molecular complexity index is 620. The highest BCUT2D eigenvalue weighted by molar-refractivity contribution is 5.78. The number of para-hydroxylation sites is 2. The molecule has 0 saturated carbocycles. The van der Waals surface area contributed by atoms with E-state index < -0.39 is 0 Å². The molecule has 1 heterocycles. The third-order valence-corrected chi connectivity index (χ3v) is 3.26. The molecule has 5 nitrogen and oxygen atoms in total. The van der Waals surface area contributed by atoms with Crippen LogP contribution in [0.15, 0.2) is 24.3 Å². The summed E-state index contributed by atoms with van der Waals surface area (Å²) >= 11 is 0. The Morgan fingerprint density at radius 1 is 1.19 bits per heavy atom. The molecule has 0 aliphatic heterocycles. The first-order chi connectivity index (χ1) is 10.2. The van der Waals surface area contributed by atoms with Gasteiger partial charge in [-0.15, -0.1) is 0 Å². The number of carbonyl (C=O) groups is 1. The maximum atomic E-state index is 11.0. The molecule has 0 unspecified atom stereocenters. The van der Waals surface area contributed by atoms with E-state index in [0.29, 0.717) is 25.3 Å². The van der Waals surface area contributed by atoms with Gasteiger partial charge in [-0.1, -0.05) is 12.1 Å². The van der Waals surface area contributed by atoms with E-state index in [4.69, 9.17) is 9.47 Å². The first-order valence-electron chi connectivity index (χ1n) is 7.01. The molecule has 1 aromatic heterocycles. The van der Waals surface area contributed by atoms with Gasteiger partial charge >= 0.3 is 0 Å². The zero-order valence-corrected chi connectivity index (χ0v) is 12.6. The minimum atomic E-state index is 0.463. The molecule has 1 aromatic carbocycles. The van der Waals surface area contributed by atoms with Crippen LogP contribution in [0.1, 0.15) is 28.7 Å². The van der Waals surface area contributed by atoms with Crippen LogP contribution in [0.2, 0.25) is 0 Å². The van der Waals surface area contributed by atoms with Gasteiger partial charge in [-0.25, -0.2) is 0 Å². The first kappa shape index (κ1) is 15.1. The number of benzene rings is 1.